The molecule has 0 fully saturated rings. The Morgan fingerprint density at radius 3 is 2.78 bits per heavy atom. The number of fused-ring (bicyclic) bond motifs is 1. The summed E-state index contributed by atoms with van der Waals surface area (Å²) in [6, 6.07) is 5.42. The number of anilines is 2. The molecule has 0 radical (unpaired) electrons. The highest BCUT2D eigenvalue weighted by Crippen LogP contribution is 2.30. The summed E-state index contributed by atoms with van der Waals surface area (Å²) in [7, 11) is -3.85. The lowest BCUT2D eigenvalue weighted by atomic mass is 10.1. The third-order valence-corrected chi connectivity index (χ3v) is 8.02. The number of nitrogens with two attached hydrogens (primary N) is 1. The van der Waals surface area contributed by atoms with E-state index in [4.69, 9.17) is 22.1 Å². The fourth-order valence-corrected chi connectivity index (χ4v) is 5.75. The van der Waals surface area contributed by atoms with E-state index in [1.807, 2.05) is 0 Å². The number of hydrogen-bond donors (Lipinski definition) is 2. The Morgan fingerprint density at radius 2 is 2.07 bits per heavy atom. The molecule has 0 saturated carbocycles. The van der Waals surface area contributed by atoms with Gasteiger partial charge in [-0.2, -0.15) is 9.49 Å². The van der Waals surface area contributed by atoms with Crippen LogP contribution in [0.15, 0.2) is 67.2 Å². The van der Waals surface area contributed by atoms with Crippen LogP contribution in [0, 0.1) is 12.7 Å². The van der Waals surface area contributed by atoms with Gasteiger partial charge < -0.3 is 10.5 Å². The molecule has 10 nitrogen and oxygen atoms in total. The van der Waals surface area contributed by atoms with Crippen LogP contribution < -0.4 is 15.2 Å². The minimum Gasteiger partial charge on any atom is -0.437 e. The second-order valence-corrected chi connectivity index (χ2v) is 11.6. The van der Waals surface area contributed by atoms with E-state index in [1.165, 1.54) is 52.1 Å². The molecular weight excluding hydrogens is 578 g/mol. The molecule has 3 heterocycles. The molecule has 0 bridgehead atoms. The number of aryl methyl sites for hydroxylation is 1. The molecule has 4 aromatic rings. The summed E-state index contributed by atoms with van der Waals surface area (Å²) < 4.78 is 64.3. The van der Waals surface area contributed by atoms with Gasteiger partial charge in [0.2, 0.25) is 15.9 Å². The molecule has 1 aromatic carbocycles. The van der Waals surface area contributed by atoms with Crippen LogP contribution in [0.3, 0.4) is 0 Å². The van der Waals surface area contributed by atoms with Crippen molar-refractivity contribution in [3.8, 4) is 11.6 Å². The minimum atomic E-state index is -3.85. The van der Waals surface area contributed by atoms with Crippen molar-refractivity contribution in [2.75, 3.05) is 22.1 Å². The van der Waals surface area contributed by atoms with E-state index in [0.29, 0.717) is 16.6 Å². The number of halogens is 3. The normalized spacial score (nSPS) is 16.8. The zero-order valence-electron chi connectivity index (χ0n) is 21.7. The maximum atomic E-state index is 14.9. The lowest BCUT2D eigenvalue weighted by Crippen LogP contribution is -2.28. The maximum absolute atomic E-state index is 14.9. The molecule has 1 aliphatic rings. The van der Waals surface area contributed by atoms with Gasteiger partial charge in [-0.1, -0.05) is 18.2 Å². The summed E-state index contributed by atoms with van der Waals surface area (Å²) >= 11 is 5.58. The number of aromatic nitrogens is 4. The summed E-state index contributed by atoms with van der Waals surface area (Å²) in [6.07, 6.45) is 10.6. The molecule has 1 atom stereocenters. The van der Waals surface area contributed by atoms with E-state index in [9.17, 15) is 22.0 Å². The number of alkyl halides is 2. The summed E-state index contributed by atoms with van der Waals surface area (Å²) in [5, 5.41) is 4.62. The van der Waals surface area contributed by atoms with Crippen LogP contribution in [0.2, 0.25) is 0 Å². The van der Waals surface area contributed by atoms with Crippen molar-refractivity contribution in [3.05, 3.63) is 84.1 Å². The van der Waals surface area contributed by atoms with Crippen LogP contribution in [-0.4, -0.2) is 51.1 Å². The van der Waals surface area contributed by atoms with Crippen LogP contribution in [0.5, 0.6) is 5.88 Å². The third kappa shape index (κ3) is 5.81. The number of ether oxygens (including phenoxy) is 1. The number of carbonyl (C=O) groups excluding carboxylic acids is 1. The number of hydrogen-bond acceptors (Lipinski definition) is 7. The highest BCUT2D eigenvalue weighted by Gasteiger charge is 2.29. The quantitative estimate of drug-likeness (QED) is 0.261. The van der Waals surface area contributed by atoms with E-state index < -0.39 is 27.6 Å². The van der Waals surface area contributed by atoms with E-state index in [1.54, 1.807) is 25.2 Å². The average molecular weight is 603 g/mol. The number of nitrogens with one attached hydrogen (secondary N) is 1. The monoisotopic (exact) mass is 602 g/mol. The Kier molecular flexibility index (Phi) is 7.58. The molecule has 5 rings (SSSR count). The molecule has 41 heavy (non-hydrogen) atoms. The Morgan fingerprint density at radius 1 is 1.27 bits per heavy atom. The van der Waals surface area contributed by atoms with Crippen molar-refractivity contribution in [1.82, 2.24) is 19.3 Å². The van der Waals surface area contributed by atoms with Gasteiger partial charge in [0.05, 0.1) is 35.0 Å². The molecular formula is C27H25ClF2N6O4S. The predicted octanol–water partition coefficient (Wildman–Crippen LogP) is 4.87. The predicted molar refractivity (Wildman–Crippen MR) is 152 cm³/mol. The molecule has 0 aliphatic heterocycles. The lowest BCUT2D eigenvalue weighted by molar-refractivity contribution is -0.0166. The fraction of sp³-hybridized carbons (Fsp3) is 0.222. The topological polar surface area (TPSA) is 134 Å². The number of pyridine rings is 1. The first-order valence-electron chi connectivity index (χ1n) is 12.4. The van der Waals surface area contributed by atoms with Gasteiger partial charge in [0, 0.05) is 30.0 Å². The van der Waals surface area contributed by atoms with Gasteiger partial charge in [-0.25, -0.2) is 22.5 Å². The molecule has 214 valence electrons. The van der Waals surface area contributed by atoms with E-state index >= 15 is 0 Å². The van der Waals surface area contributed by atoms with Crippen LogP contribution in [0.4, 0.5) is 20.3 Å². The van der Waals surface area contributed by atoms with Gasteiger partial charge in [-0.3, -0.25) is 14.1 Å². The van der Waals surface area contributed by atoms with Crippen molar-refractivity contribution < 1.29 is 26.7 Å². The standard InChI is InChI=1S/C27H25ClF2N6O4S/c1-17-12-24(40-27(30)7-3-2-4-8-27)32-16-23(17)36-25(31)19(15-33-36)26(37)35-10-6-18-13-20(29)21(14-22(18)35)34-41(38,39)11-5-9-28/h2-4,6-7,10,12-16,34H,5,8-9,11,31H2,1H3. The Labute approximate surface area is 239 Å². The van der Waals surface area contributed by atoms with Gasteiger partial charge in [0.25, 0.3) is 11.8 Å². The second-order valence-electron chi connectivity index (χ2n) is 9.39. The first-order valence-corrected chi connectivity index (χ1v) is 14.6. The van der Waals surface area contributed by atoms with Crippen molar-refractivity contribution in [2.24, 2.45) is 0 Å². The average Bonchev–Trinajstić information content (AvgIpc) is 3.50. The smallest absolute Gasteiger partial charge is 0.272 e. The van der Waals surface area contributed by atoms with Crippen LogP contribution in [0.1, 0.15) is 28.8 Å². The van der Waals surface area contributed by atoms with Crippen LogP contribution >= 0.6 is 11.6 Å². The van der Waals surface area contributed by atoms with Gasteiger partial charge in [-0.15, -0.1) is 11.6 Å². The SMILES string of the molecule is Cc1cc(OC2(F)C=CC=CC2)ncc1-n1ncc(C(=O)n2ccc3cc(F)c(NS(=O)(=O)CCCCl)cc32)c1N. The lowest BCUT2D eigenvalue weighted by Gasteiger charge is -2.23. The number of sulfonamides is 1. The molecule has 0 saturated heterocycles. The number of allylic oxidation sites excluding steroid dienone is 2. The van der Waals surface area contributed by atoms with Gasteiger partial charge in [0.1, 0.15) is 17.2 Å². The number of nitrogen functional groups attached to an aromatic ring is 1. The van der Waals surface area contributed by atoms with Crippen LogP contribution in [0.25, 0.3) is 16.6 Å². The van der Waals surface area contributed by atoms with Crippen molar-refractivity contribution in [1.29, 1.82) is 0 Å². The Hall–Kier alpha value is -4.23. The first-order chi connectivity index (χ1) is 19.5. The Bertz CT molecular complexity index is 1820. The zero-order chi connectivity index (χ0) is 29.4. The van der Waals surface area contributed by atoms with Gasteiger partial charge in [-0.05, 0) is 43.2 Å². The maximum Gasteiger partial charge on any atom is 0.272 e. The van der Waals surface area contributed by atoms with E-state index in [0.717, 1.165) is 6.07 Å². The summed E-state index contributed by atoms with van der Waals surface area (Å²) in [4.78, 5) is 17.7. The molecule has 1 unspecified atom stereocenters. The Balaban J connectivity index is 1.42. The van der Waals surface area contributed by atoms with Gasteiger partial charge >= 0.3 is 0 Å². The largest absolute Gasteiger partial charge is 0.437 e. The van der Waals surface area contributed by atoms with Gasteiger partial charge in [0.15, 0.2) is 0 Å². The second kappa shape index (κ2) is 11.0. The number of benzene rings is 1. The minimum absolute atomic E-state index is 0.00171. The highest BCUT2D eigenvalue weighted by molar-refractivity contribution is 7.92. The van der Waals surface area contributed by atoms with E-state index in [2.05, 4.69) is 14.8 Å². The summed E-state index contributed by atoms with van der Waals surface area (Å²) in [6.45, 7) is 1.73. The molecule has 3 N–H and O–H groups in total. The molecule has 3 aromatic heterocycles. The number of carbonyl (C=O) groups is 1. The molecule has 1 aliphatic carbocycles. The third-order valence-electron chi connectivity index (χ3n) is 6.40. The van der Waals surface area contributed by atoms with Crippen molar-refractivity contribution in [2.45, 2.75) is 25.6 Å². The van der Waals surface area contributed by atoms with Crippen LogP contribution in [-0.2, 0) is 10.0 Å². The summed E-state index contributed by atoms with van der Waals surface area (Å²) in [5.41, 5.74) is 7.35. The van der Waals surface area contributed by atoms with E-state index in [-0.39, 0.29) is 52.9 Å². The number of nitrogens with zero attached hydrogens (tertiary/aromatic N) is 4. The molecule has 0 spiro atoms. The fourth-order valence-electron chi connectivity index (χ4n) is 4.34. The van der Waals surface area contributed by atoms with Crippen molar-refractivity contribution >= 4 is 49.9 Å². The first kappa shape index (κ1) is 28.3. The summed E-state index contributed by atoms with van der Waals surface area (Å²) in [5.74, 6) is -3.46. The van der Waals surface area contributed by atoms with Crippen molar-refractivity contribution in [3.63, 3.8) is 0 Å². The molecule has 0 amide bonds. The highest BCUT2D eigenvalue weighted by atomic mass is 35.5. The zero-order valence-corrected chi connectivity index (χ0v) is 23.3. The molecule has 14 heteroatoms. The number of rotatable bonds is 9.